The molecule has 5 heterocycles. The first-order valence-corrected chi connectivity index (χ1v) is 14.4. The minimum Gasteiger partial charge on any atom is -0.461 e. The highest BCUT2D eigenvalue weighted by Gasteiger charge is 2.49. The summed E-state index contributed by atoms with van der Waals surface area (Å²) in [5.41, 5.74) is 0.589. The number of halogens is 4. The Morgan fingerprint density at radius 3 is 2.85 bits per heavy atom. The maximum atomic E-state index is 15.3. The predicted octanol–water partition coefficient (Wildman–Crippen LogP) is 4.37. The zero-order chi connectivity index (χ0) is 28.2. The van der Waals surface area contributed by atoms with Gasteiger partial charge in [0.25, 0.3) is 5.91 Å². The van der Waals surface area contributed by atoms with Crippen LogP contribution in [0.15, 0.2) is 16.6 Å². The standard InChI is InChI=1S/C27H31BrF3N7O2/c1-15(2)32-25(39)20-9-17-13-36(6-4-8-38(17)35-20)24-18-10-19(30)21(28)22(31)23(18)33-26(34-24)40-14-27-5-3-7-37(27)12-16(29)11-27/h9-10,15-16H,3-8,11-14H2,1-2H3,(H,32,39)/t16-,27+/m1/s1. The third kappa shape index (κ3) is 4.91. The van der Waals surface area contributed by atoms with Crippen LogP contribution in [0.4, 0.5) is 19.0 Å². The van der Waals surface area contributed by atoms with Crippen LogP contribution in [0.2, 0.25) is 0 Å². The van der Waals surface area contributed by atoms with E-state index in [0.29, 0.717) is 50.5 Å². The van der Waals surface area contributed by atoms with Gasteiger partial charge >= 0.3 is 6.01 Å². The summed E-state index contributed by atoms with van der Waals surface area (Å²) in [5, 5.41) is 7.54. The summed E-state index contributed by atoms with van der Waals surface area (Å²) in [6.07, 6.45) is 1.89. The van der Waals surface area contributed by atoms with Gasteiger partial charge in [0, 0.05) is 37.5 Å². The third-order valence-corrected chi connectivity index (χ3v) is 8.71. The molecule has 3 aliphatic rings. The quantitative estimate of drug-likeness (QED) is 0.409. The molecule has 6 rings (SSSR count). The number of rotatable bonds is 6. The first-order chi connectivity index (χ1) is 19.1. The van der Waals surface area contributed by atoms with E-state index in [0.717, 1.165) is 25.1 Å². The highest BCUT2D eigenvalue weighted by Crippen LogP contribution is 2.41. The molecule has 9 nitrogen and oxygen atoms in total. The van der Waals surface area contributed by atoms with Gasteiger partial charge in [-0.2, -0.15) is 15.1 Å². The van der Waals surface area contributed by atoms with Crippen molar-refractivity contribution in [3.05, 3.63) is 39.6 Å². The molecule has 0 radical (unpaired) electrons. The molecule has 2 saturated heterocycles. The van der Waals surface area contributed by atoms with Crippen LogP contribution < -0.4 is 15.0 Å². The number of alkyl halides is 1. The van der Waals surface area contributed by atoms with E-state index in [1.807, 2.05) is 18.7 Å². The fourth-order valence-electron chi connectivity index (χ4n) is 6.18. The van der Waals surface area contributed by atoms with Crippen molar-refractivity contribution in [2.45, 2.75) is 70.4 Å². The summed E-state index contributed by atoms with van der Waals surface area (Å²) < 4.78 is 51.9. The van der Waals surface area contributed by atoms with E-state index in [4.69, 9.17) is 4.74 Å². The predicted molar refractivity (Wildman–Crippen MR) is 146 cm³/mol. The van der Waals surface area contributed by atoms with E-state index in [9.17, 15) is 13.6 Å². The van der Waals surface area contributed by atoms with Crippen LogP contribution in [-0.4, -0.2) is 74.5 Å². The number of hydrogen-bond acceptors (Lipinski definition) is 7. The average molecular weight is 622 g/mol. The van der Waals surface area contributed by atoms with Crippen molar-refractivity contribution in [1.29, 1.82) is 0 Å². The van der Waals surface area contributed by atoms with Crippen LogP contribution in [-0.2, 0) is 13.1 Å². The van der Waals surface area contributed by atoms with Crippen molar-refractivity contribution in [1.82, 2.24) is 30.0 Å². The number of carbonyl (C=O) groups excluding carboxylic acids is 1. The largest absolute Gasteiger partial charge is 0.461 e. The van der Waals surface area contributed by atoms with E-state index in [2.05, 4.69) is 41.2 Å². The number of hydrogen-bond donors (Lipinski definition) is 1. The summed E-state index contributed by atoms with van der Waals surface area (Å²) in [7, 11) is 0. The number of benzene rings is 1. The van der Waals surface area contributed by atoms with Gasteiger partial charge in [0.2, 0.25) is 0 Å². The average Bonchev–Trinajstić information content (AvgIpc) is 3.53. The molecule has 1 aromatic carbocycles. The Hall–Kier alpha value is -2.93. The molecular formula is C27H31BrF3N7O2. The number of fused-ring (bicyclic) bond motifs is 3. The molecular weight excluding hydrogens is 591 g/mol. The Morgan fingerprint density at radius 2 is 2.05 bits per heavy atom. The summed E-state index contributed by atoms with van der Waals surface area (Å²) >= 11 is 2.99. The van der Waals surface area contributed by atoms with Crippen molar-refractivity contribution >= 4 is 38.6 Å². The van der Waals surface area contributed by atoms with Crippen molar-refractivity contribution in [3.63, 3.8) is 0 Å². The molecule has 0 saturated carbocycles. The van der Waals surface area contributed by atoms with Crippen LogP contribution in [0.25, 0.3) is 10.9 Å². The molecule has 1 amide bonds. The number of amides is 1. The van der Waals surface area contributed by atoms with Gasteiger partial charge in [-0.15, -0.1) is 0 Å². The van der Waals surface area contributed by atoms with Gasteiger partial charge in [-0.3, -0.25) is 14.4 Å². The maximum Gasteiger partial charge on any atom is 0.319 e. The maximum absolute atomic E-state index is 15.3. The molecule has 3 aromatic rings. The minimum absolute atomic E-state index is 0.0312. The van der Waals surface area contributed by atoms with Crippen molar-refractivity contribution in [2.75, 3.05) is 31.1 Å². The lowest BCUT2D eigenvalue weighted by atomic mass is 9.95. The van der Waals surface area contributed by atoms with Gasteiger partial charge in [0.05, 0.1) is 22.3 Å². The molecule has 0 aliphatic carbocycles. The minimum atomic E-state index is -0.914. The lowest BCUT2D eigenvalue weighted by Crippen LogP contribution is -2.43. The van der Waals surface area contributed by atoms with Gasteiger partial charge < -0.3 is 15.0 Å². The zero-order valence-corrected chi connectivity index (χ0v) is 24.0. The fraction of sp³-hybridized carbons (Fsp3) is 0.556. The molecule has 3 aliphatic heterocycles. The second-order valence-corrected chi connectivity index (χ2v) is 12.0. The van der Waals surface area contributed by atoms with E-state index in [1.165, 1.54) is 6.07 Å². The number of nitrogens with one attached hydrogen (secondary N) is 1. The molecule has 0 spiro atoms. The Morgan fingerprint density at radius 1 is 1.23 bits per heavy atom. The summed E-state index contributed by atoms with van der Waals surface area (Å²) in [6, 6.07) is 2.87. The molecule has 2 atom stereocenters. The second-order valence-electron chi connectivity index (χ2n) is 11.2. The lowest BCUT2D eigenvalue weighted by Gasteiger charge is -2.31. The van der Waals surface area contributed by atoms with Gasteiger partial charge in [-0.25, -0.2) is 13.2 Å². The molecule has 2 fully saturated rings. The van der Waals surface area contributed by atoms with Gasteiger partial charge in [-0.05, 0) is 67.7 Å². The molecule has 40 heavy (non-hydrogen) atoms. The Balaban J connectivity index is 1.36. The Labute approximate surface area is 238 Å². The van der Waals surface area contributed by atoms with Crippen LogP contribution >= 0.6 is 15.9 Å². The molecule has 214 valence electrons. The molecule has 0 bridgehead atoms. The first kappa shape index (κ1) is 27.3. The van der Waals surface area contributed by atoms with Crippen molar-refractivity contribution < 1.29 is 22.7 Å². The highest BCUT2D eigenvalue weighted by atomic mass is 79.9. The Bertz CT molecular complexity index is 1470. The number of carbonyl (C=O) groups is 1. The van der Waals surface area contributed by atoms with Crippen LogP contribution in [0.1, 0.15) is 55.7 Å². The highest BCUT2D eigenvalue weighted by molar-refractivity contribution is 9.10. The van der Waals surface area contributed by atoms with E-state index in [-0.39, 0.29) is 39.9 Å². The first-order valence-electron chi connectivity index (χ1n) is 13.6. The summed E-state index contributed by atoms with van der Waals surface area (Å²) in [5.74, 6) is -1.55. The summed E-state index contributed by atoms with van der Waals surface area (Å²) in [4.78, 5) is 25.6. The SMILES string of the molecule is CC(C)NC(=O)c1cc2n(n1)CCCN(c1nc(OC[C@@]34CCCN3C[C@H](F)C4)nc3c(F)c(Br)c(F)cc13)C2. The monoisotopic (exact) mass is 621 g/mol. The van der Waals surface area contributed by atoms with Crippen LogP contribution in [0, 0.1) is 11.6 Å². The normalized spacial score (nSPS) is 23.0. The fourth-order valence-corrected chi connectivity index (χ4v) is 6.48. The number of nitrogens with zero attached hydrogens (tertiary/aromatic N) is 6. The molecule has 2 aromatic heterocycles. The van der Waals surface area contributed by atoms with E-state index in [1.54, 1.807) is 10.7 Å². The number of aromatic nitrogens is 4. The number of anilines is 1. The zero-order valence-electron chi connectivity index (χ0n) is 22.4. The van der Waals surface area contributed by atoms with Crippen LogP contribution in [0.5, 0.6) is 6.01 Å². The van der Waals surface area contributed by atoms with Crippen LogP contribution in [0.3, 0.4) is 0 Å². The number of aryl methyl sites for hydroxylation is 1. The van der Waals surface area contributed by atoms with E-state index >= 15 is 4.39 Å². The van der Waals surface area contributed by atoms with Gasteiger partial charge in [0.1, 0.15) is 29.9 Å². The third-order valence-electron chi connectivity index (χ3n) is 7.98. The molecule has 0 unspecified atom stereocenters. The van der Waals surface area contributed by atoms with Gasteiger partial charge in [-0.1, -0.05) is 0 Å². The van der Waals surface area contributed by atoms with Crippen molar-refractivity contribution in [2.24, 2.45) is 0 Å². The Kier molecular flexibility index (Phi) is 7.14. The molecule has 13 heteroatoms. The lowest BCUT2D eigenvalue weighted by molar-refractivity contribution is 0.0937. The molecule has 1 N–H and O–H groups in total. The topological polar surface area (TPSA) is 88.4 Å². The summed E-state index contributed by atoms with van der Waals surface area (Å²) in [6.45, 7) is 6.55. The van der Waals surface area contributed by atoms with Crippen molar-refractivity contribution in [3.8, 4) is 6.01 Å². The second kappa shape index (κ2) is 10.5. The smallest absolute Gasteiger partial charge is 0.319 e. The van der Waals surface area contributed by atoms with E-state index < -0.39 is 23.3 Å². The van der Waals surface area contributed by atoms with Gasteiger partial charge in [0.15, 0.2) is 11.5 Å². The number of ether oxygens (including phenoxy) is 1.